The van der Waals surface area contributed by atoms with Crippen molar-refractivity contribution >= 4 is 5.78 Å². The Hall–Kier alpha value is -2.69. The van der Waals surface area contributed by atoms with Crippen LogP contribution in [0.3, 0.4) is 0 Å². The summed E-state index contributed by atoms with van der Waals surface area (Å²) in [6.07, 6.45) is 0. The molecular formula is C15H14O5. The van der Waals surface area contributed by atoms with E-state index in [2.05, 4.69) is 0 Å². The monoisotopic (exact) mass is 274 g/mol. The molecule has 2 aromatic carbocycles. The number of benzene rings is 2. The first-order chi connectivity index (χ1) is 9.40. The number of ketones is 1. The summed E-state index contributed by atoms with van der Waals surface area (Å²) in [6.45, 7) is 1.65. The standard InChI is InChI=1S/C15H14O5/c1-8(9-2-4-11(16)13(18)6-9)15(20)10-3-5-12(17)14(19)7-10/h2-8,16-19H,1H3. The zero-order valence-corrected chi connectivity index (χ0v) is 10.7. The lowest BCUT2D eigenvalue weighted by atomic mass is 9.92. The minimum absolute atomic E-state index is 0.250. The zero-order valence-electron chi connectivity index (χ0n) is 10.7. The number of carbonyl (C=O) groups excluding carboxylic acids is 1. The van der Waals surface area contributed by atoms with Gasteiger partial charge in [0, 0.05) is 11.5 Å². The van der Waals surface area contributed by atoms with Crippen molar-refractivity contribution in [2.75, 3.05) is 0 Å². The minimum Gasteiger partial charge on any atom is -0.504 e. The van der Waals surface area contributed by atoms with Crippen LogP contribution in [0.1, 0.15) is 28.8 Å². The van der Waals surface area contributed by atoms with Crippen molar-refractivity contribution in [2.45, 2.75) is 12.8 Å². The highest BCUT2D eigenvalue weighted by Crippen LogP contribution is 2.31. The van der Waals surface area contributed by atoms with E-state index in [0.717, 1.165) is 0 Å². The molecule has 0 bridgehead atoms. The Morgan fingerprint density at radius 1 is 0.850 bits per heavy atom. The molecule has 0 saturated heterocycles. The molecule has 0 aliphatic heterocycles. The van der Waals surface area contributed by atoms with Crippen molar-refractivity contribution in [3.63, 3.8) is 0 Å². The molecule has 0 saturated carbocycles. The van der Waals surface area contributed by atoms with E-state index in [-0.39, 0.29) is 34.3 Å². The molecule has 0 spiro atoms. The Morgan fingerprint density at radius 3 is 1.95 bits per heavy atom. The molecule has 5 nitrogen and oxygen atoms in total. The summed E-state index contributed by atoms with van der Waals surface area (Å²) in [6, 6.07) is 8.00. The third-order valence-electron chi connectivity index (χ3n) is 3.15. The molecule has 4 N–H and O–H groups in total. The lowest BCUT2D eigenvalue weighted by Crippen LogP contribution is -2.09. The second kappa shape index (κ2) is 5.13. The first-order valence-corrected chi connectivity index (χ1v) is 5.98. The van der Waals surface area contributed by atoms with Gasteiger partial charge < -0.3 is 20.4 Å². The fourth-order valence-corrected chi connectivity index (χ4v) is 1.89. The van der Waals surface area contributed by atoms with E-state index >= 15 is 0 Å². The van der Waals surface area contributed by atoms with Gasteiger partial charge in [0.2, 0.25) is 0 Å². The Labute approximate surface area is 115 Å². The Kier molecular flexibility index (Phi) is 3.52. The topological polar surface area (TPSA) is 98.0 Å². The lowest BCUT2D eigenvalue weighted by Gasteiger charge is -2.12. The average Bonchev–Trinajstić information content (AvgIpc) is 2.43. The number of rotatable bonds is 3. The third kappa shape index (κ3) is 2.51. The average molecular weight is 274 g/mol. The summed E-state index contributed by atoms with van der Waals surface area (Å²) in [7, 11) is 0. The van der Waals surface area contributed by atoms with Gasteiger partial charge in [-0.05, 0) is 35.9 Å². The van der Waals surface area contributed by atoms with Crippen molar-refractivity contribution < 1.29 is 25.2 Å². The molecule has 0 amide bonds. The van der Waals surface area contributed by atoms with Crippen LogP contribution in [0, 0.1) is 0 Å². The van der Waals surface area contributed by atoms with Crippen molar-refractivity contribution in [3.8, 4) is 23.0 Å². The normalized spacial score (nSPS) is 12.1. The number of Topliss-reactive ketones (excluding diaryl/α,β-unsaturated/α-hetero) is 1. The smallest absolute Gasteiger partial charge is 0.170 e. The van der Waals surface area contributed by atoms with E-state index < -0.39 is 5.92 Å². The van der Waals surface area contributed by atoms with Crippen molar-refractivity contribution in [1.82, 2.24) is 0 Å². The van der Waals surface area contributed by atoms with Gasteiger partial charge in [-0.3, -0.25) is 4.79 Å². The van der Waals surface area contributed by atoms with E-state index in [0.29, 0.717) is 5.56 Å². The van der Waals surface area contributed by atoms with Crippen LogP contribution < -0.4 is 0 Å². The molecule has 0 heterocycles. The summed E-state index contributed by atoms with van der Waals surface area (Å²) in [4.78, 5) is 12.3. The first kappa shape index (κ1) is 13.7. The highest BCUT2D eigenvalue weighted by Gasteiger charge is 2.19. The molecule has 104 valence electrons. The van der Waals surface area contributed by atoms with Gasteiger partial charge in [-0.2, -0.15) is 0 Å². The fraction of sp³-hybridized carbons (Fsp3) is 0.133. The molecule has 0 fully saturated rings. The highest BCUT2D eigenvalue weighted by molar-refractivity contribution is 6.01. The maximum atomic E-state index is 12.3. The molecule has 20 heavy (non-hydrogen) atoms. The van der Waals surface area contributed by atoms with Crippen LogP contribution in [-0.2, 0) is 0 Å². The lowest BCUT2D eigenvalue weighted by molar-refractivity contribution is 0.0965. The SMILES string of the molecule is CC(C(=O)c1ccc(O)c(O)c1)c1ccc(O)c(O)c1. The third-order valence-corrected chi connectivity index (χ3v) is 3.15. The number of aromatic hydroxyl groups is 4. The number of phenolic OH excluding ortho intramolecular Hbond substituents is 4. The maximum absolute atomic E-state index is 12.3. The van der Waals surface area contributed by atoms with Crippen LogP contribution in [0.5, 0.6) is 23.0 Å². The second-order valence-corrected chi connectivity index (χ2v) is 4.54. The van der Waals surface area contributed by atoms with Gasteiger partial charge in [0.25, 0.3) is 0 Å². The maximum Gasteiger partial charge on any atom is 0.170 e. The fourth-order valence-electron chi connectivity index (χ4n) is 1.89. The number of carbonyl (C=O) groups is 1. The molecule has 2 rings (SSSR count). The van der Waals surface area contributed by atoms with Crippen LogP contribution in [0.4, 0.5) is 0 Å². The largest absolute Gasteiger partial charge is 0.504 e. The van der Waals surface area contributed by atoms with E-state index in [1.54, 1.807) is 6.92 Å². The molecule has 1 atom stereocenters. The zero-order chi connectivity index (χ0) is 14.9. The van der Waals surface area contributed by atoms with Gasteiger partial charge in [-0.1, -0.05) is 13.0 Å². The summed E-state index contributed by atoms with van der Waals surface area (Å²) in [5, 5.41) is 37.3. The van der Waals surface area contributed by atoms with Crippen LogP contribution in [0.25, 0.3) is 0 Å². The van der Waals surface area contributed by atoms with Gasteiger partial charge in [-0.25, -0.2) is 0 Å². The van der Waals surface area contributed by atoms with E-state index in [1.807, 2.05) is 0 Å². The first-order valence-electron chi connectivity index (χ1n) is 5.98. The molecule has 0 aliphatic rings. The molecule has 0 aliphatic carbocycles. The van der Waals surface area contributed by atoms with Crippen LogP contribution >= 0.6 is 0 Å². The van der Waals surface area contributed by atoms with Gasteiger partial charge in [-0.15, -0.1) is 0 Å². The summed E-state index contributed by atoms with van der Waals surface area (Å²) in [5.74, 6) is -2.05. The molecule has 0 radical (unpaired) electrons. The van der Waals surface area contributed by atoms with Crippen LogP contribution in [0.2, 0.25) is 0 Å². The highest BCUT2D eigenvalue weighted by atomic mass is 16.3. The molecule has 1 unspecified atom stereocenters. The summed E-state index contributed by atoms with van der Waals surface area (Å²) >= 11 is 0. The van der Waals surface area contributed by atoms with Gasteiger partial charge in [0.15, 0.2) is 28.8 Å². The Balaban J connectivity index is 2.32. The molecule has 5 heteroatoms. The second-order valence-electron chi connectivity index (χ2n) is 4.54. The number of hydrogen-bond donors (Lipinski definition) is 4. The van der Waals surface area contributed by atoms with E-state index in [4.69, 9.17) is 0 Å². The molecule has 2 aromatic rings. The predicted molar refractivity (Wildman–Crippen MR) is 72.3 cm³/mol. The quantitative estimate of drug-likeness (QED) is 0.509. The van der Waals surface area contributed by atoms with Gasteiger partial charge >= 0.3 is 0 Å². The van der Waals surface area contributed by atoms with Gasteiger partial charge in [0.05, 0.1) is 0 Å². The Bertz CT molecular complexity index is 663. The molecule has 0 aromatic heterocycles. The van der Waals surface area contributed by atoms with Crippen LogP contribution in [-0.4, -0.2) is 26.2 Å². The summed E-state index contributed by atoms with van der Waals surface area (Å²) < 4.78 is 0. The van der Waals surface area contributed by atoms with Crippen LogP contribution in [0.15, 0.2) is 36.4 Å². The van der Waals surface area contributed by atoms with Crippen molar-refractivity contribution in [1.29, 1.82) is 0 Å². The number of phenols is 4. The predicted octanol–water partition coefficient (Wildman–Crippen LogP) is 2.50. The minimum atomic E-state index is -0.564. The van der Waals surface area contributed by atoms with Crippen molar-refractivity contribution in [3.05, 3.63) is 47.5 Å². The van der Waals surface area contributed by atoms with Crippen molar-refractivity contribution in [2.24, 2.45) is 0 Å². The summed E-state index contributed by atoms with van der Waals surface area (Å²) in [5.41, 5.74) is 0.790. The Morgan fingerprint density at radius 2 is 1.40 bits per heavy atom. The van der Waals surface area contributed by atoms with E-state index in [1.165, 1.54) is 36.4 Å². The van der Waals surface area contributed by atoms with Gasteiger partial charge in [0.1, 0.15) is 0 Å². The molecular weight excluding hydrogens is 260 g/mol. The number of hydrogen-bond acceptors (Lipinski definition) is 5. The van der Waals surface area contributed by atoms with E-state index in [9.17, 15) is 25.2 Å².